The molecule has 1 N–H and O–H groups in total. The molecule has 0 unspecified atom stereocenters. The van der Waals surface area contributed by atoms with E-state index >= 15 is 0 Å². The second-order valence-electron chi connectivity index (χ2n) is 7.01. The first-order valence-corrected chi connectivity index (χ1v) is 9.89. The molecule has 0 aliphatic carbocycles. The fourth-order valence-electron chi connectivity index (χ4n) is 3.27. The Balaban J connectivity index is 1.54. The molecule has 4 rings (SSSR count). The second-order valence-corrected chi connectivity index (χ2v) is 7.01. The van der Waals surface area contributed by atoms with Crippen molar-refractivity contribution in [3.05, 3.63) is 95.7 Å². The monoisotopic (exact) mass is 414 g/mol. The maximum Gasteiger partial charge on any atom is 0.294 e. The molecule has 6 heteroatoms. The normalized spacial score (nSPS) is 14.0. The number of carbonyl (C=O) groups excluding carboxylic acids is 2. The van der Waals surface area contributed by atoms with Crippen molar-refractivity contribution in [2.45, 2.75) is 6.54 Å². The summed E-state index contributed by atoms with van der Waals surface area (Å²) in [5.41, 5.74) is 2.34. The highest BCUT2D eigenvalue weighted by Gasteiger charge is 2.31. The second kappa shape index (κ2) is 9.17. The Morgan fingerprint density at radius 1 is 1.00 bits per heavy atom. The Kier molecular flexibility index (Phi) is 5.98. The standard InChI is InChI=1S/C25H22N2O4/c1-30-20-13-11-18(12-14-20)15-23-25(29)27(21-9-5-6-10-22(21)31-23)17-24(28)26-16-19-7-3-2-4-8-19/h2-15H,16-17H2,1H3,(H,26,28)/b23-15-. The summed E-state index contributed by atoms with van der Waals surface area (Å²) in [6, 6.07) is 24.1. The predicted octanol–water partition coefficient (Wildman–Crippen LogP) is 3.78. The van der Waals surface area contributed by atoms with E-state index in [-0.39, 0.29) is 24.1 Å². The fraction of sp³-hybridized carbons (Fsp3) is 0.120. The first kappa shape index (κ1) is 20.2. The van der Waals surface area contributed by atoms with Gasteiger partial charge in [0.05, 0.1) is 12.8 Å². The van der Waals surface area contributed by atoms with Crippen molar-refractivity contribution >= 4 is 23.6 Å². The van der Waals surface area contributed by atoms with Crippen LogP contribution in [0.4, 0.5) is 5.69 Å². The number of methoxy groups -OCH3 is 1. The van der Waals surface area contributed by atoms with E-state index in [1.165, 1.54) is 4.90 Å². The van der Waals surface area contributed by atoms with Gasteiger partial charge in [-0.25, -0.2) is 0 Å². The van der Waals surface area contributed by atoms with Crippen LogP contribution in [0.3, 0.4) is 0 Å². The predicted molar refractivity (Wildman–Crippen MR) is 119 cm³/mol. The Labute approximate surface area is 180 Å². The summed E-state index contributed by atoms with van der Waals surface area (Å²) in [6.07, 6.45) is 1.66. The average molecular weight is 414 g/mol. The molecular formula is C25H22N2O4. The lowest BCUT2D eigenvalue weighted by Crippen LogP contribution is -2.44. The molecule has 3 aromatic carbocycles. The van der Waals surface area contributed by atoms with E-state index in [2.05, 4.69) is 5.32 Å². The van der Waals surface area contributed by atoms with Gasteiger partial charge >= 0.3 is 0 Å². The number of anilines is 1. The summed E-state index contributed by atoms with van der Waals surface area (Å²) >= 11 is 0. The van der Waals surface area contributed by atoms with Crippen LogP contribution in [0.25, 0.3) is 6.08 Å². The van der Waals surface area contributed by atoms with Crippen LogP contribution in [-0.2, 0) is 16.1 Å². The third-order valence-corrected chi connectivity index (χ3v) is 4.88. The van der Waals surface area contributed by atoms with Crippen molar-refractivity contribution in [2.24, 2.45) is 0 Å². The molecule has 0 atom stereocenters. The highest BCUT2D eigenvalue weighted by atomic mass is 16.5. The number of hydrogen-bond acceptors (Lipinski definition) is 4. The molecular weight excluding hydrogens is 392 g/mol. The number of benzene rings is 3. The Morgan fingerprint density at radius 2 is 1.71 bits per heavy atom. The molecule has 0 spiro atoms. The molecule has 1 heterocycles. The summed E-state index contributed by atoms with van der Waals surface area (Å²) in [4.78, 5) is 27.2. The van der Waals surface area contributed by atoms with Gasteiger partial charge in [-0.3, -0.25) is 14.5 Å². The first-order chi connectivity index (χ1) is 15.1. The van der Waals surface area contributed by atoms with Crippen molar-refractivity contribution < 1.29 is 19.1 Å². The van der Waals surface area contributed by atoms with Gasteiger partial charge in [0.25, 0.3) is 5.91 Å². The Hall–Kier alpha value is -4.06. The molecule has 0 radical (unpaired) electrons. The smallest absolute Gasteiger partial charge is 0.294 e. The van der Waals surface area contributed by atoms with E-state index in [1.54, 1.807) is 25.3 Å². The first-order valence-electron chi connectivity index (χ1n) is 9.89. The van der Waals surface area contributed by atoms with E-state index in [4.69, 9.17) is 9.47 Å². The lowest BCUT2D eigenvalue weighted by atomic mass is 10.1. The zero-order chi connectivity index (χ0) is 21.6. The van der Waals surface area contributed by atoms with Crippen LogP contribution in [0.1, 0.15) is 11.1 Å². The molecule has 6 nitrogen and oxygen atoms in total. The van der Waals surface area contributed by atoms with E-state index in [1.807, 2.05) is 66.7 Å². The number of nitrogens with one attached hydrogen (secondary N) is 1. The van der Waals surface area contributed by atoms with E-state index in [0.29, 0.717) is 18.0 Å². The van der Waals surface area contributed by atoms with Crippen LogP contribution >= 0.6 is 0 Å². The number of carbonyl (C=O) groups is 2. The molecule has 0 saturated carbocycles. The minimum absolute atomic E-state index is 0.105. The van der Waals surface area contributed by atoms with Crippen molar-refractivity contribution in [3.8, 4) is 11.5 Å². The zero-order valence-electron chi connectivity index (χ0n) is 17.1. The highest BCUT2D eigenvalue weighted by molar-refractivity contribution is 6.12. The van der Waals surface area contributed by atoms with Crippen LogP contribution in [0.2, 0.25) is 0 Å². The molecule has 0 aromatic heterocycles. The lowest BCUT2D eigenvalue weighted by Gasteiger charge is -2.30. The minimum Gasteiger partial charge on any atom is -0.497 e. The number of para-hydroxylation sites is 2. The van der Waals surface area contributed by atoms with E-state index < -0.39 is 0 Å². The van der Waals surface area contributed by atoms with Crippen molar-refractivity contribution in [3.63, 3.8) is 0 Å². The summed E-state index contributed by atoms with van der Waals surface area (Å²) in [5.74, 6) is 0.777. The highest BCUT2D eigenvalue weighted by Crippen LogP contribution is 2.35. The summed E-state index contributed by atoms with van der Waals surface area (Å²) in [5, 5.41) is 2.87. The van der Waals surface area contributed by atoms with Gasteiger partial charge in [0.2, 0.25) is 5.91 Å². The lowest BCUT2D eigenvalue weighted by molar-refractivity contribution is -0.123. The zero-order valence-corrected chi connectivity index (χ0v) is 17.1. The van der Waals surface area contributed by atoms with Gasteiger partial charge in [-0.05, 0) is 41.5 Å². The van der Waals surface area contributed by atoms with Crippen molar-refractivity contribution in [1.29, 1.82) is 0 Å². The number of nitrogens with zero attached hydrogens (tertiary/aromatic N) is 1. The van der Waals surface area contributed by atoms with Crippen molar-refractivity contribution in [1.82, 2.24) is 5.32 Å². The SMILES string of the molecule is COc1ccc(/C=C2\Oc3ccccc3N(CC(=O)NCc3ccccc3)C2=O)cc1. The third kappa shape index (κ3) is 4.75. The maximum absolute atomic E-state index is 13.2. The summed E-state index contributed by atoms with van der Waals surface area (Å²) in [6.45, 7) is 0.292. The average Bonchev–Trinajstić information content (AvgIpc) is 2.81. The van der Waals surface area contributed by atoms with Gasteiger partial charge < -0.3 is 14.8 Å². The number of ether oxygens (including phenoxy) is 2. The van der Waals surface area contributed by atoms with Crippen LogP contribution in [0.5, 0.6) is 11.5 Å². The molecule has 0 saturated heterocycles. The molecule has 3 aromatic rings. The molecule has 0 bridgehead atoms. The summed E-state index contributed by atoms with van der Waals surface area (Å²) < 4.78 is 11.0. The van der Waals surface area contributed by atoms with Crippen LogP contribution in [0, 0.1) is 0 Å². The molecule has 31 heavy (non-hydrogen) atoms. The molecule has 2 amide bonds. The van der Waals surface area contributed by atoms with Gasteiger partial charge in [0.15, 0.2) is 11.5 Å². The van der Waals surface area contributed by atoms with Gasteiger partial charge in [-0.2, -0.15) is 0 Å². The number of fused-ring (bicyclic) bond motifs is 1. The minimum atomic E-state index is -0.371. The van der Waals surface area contributed by atoms with Gasteiger partial charge in [-0.1, -0.05) is 54.6 Å². The number of hydrogen-bond donors (Lipinski definition) is 1. The van der Waals surface area contributed by atoms with Crippen molar-refractivity contribution in [2.75, 3.05) is 18.6 Å². The quantitative estimate of drug-likeness (QED) is 0.624. The van der Waals surface area contributed by atoms with Gasteiger partial charge in [0, 0.05) is 6.54 Å². The fourth-order valence-corrected chi connectivity index (χ4v) is 3.27. The summed E-state index contributed by atoms with van der Waals surface area (Å²) in [7, 11) is 1.60. The van der Waals surface area contributed by atoms with E-state index in [9.17, 15) is 9.59 Å². The largest absolute Gasteiger partial charge is 0.497 e. The van der Waals surface area contributed by atoms with Crippen LogP contribution < -0.4 is 19.7 Å². The molecule has 156 valence electrons. The third-order valence-electron chi connectivity index (χ3n) is 4.88. The Bertz CT molecular complexity index is 1110. The van der Waals surface area contributed by atoms with Gasteiger partial charge in [-0.15, -0.1) is 0 Å². The molecule has 1 aliphatic heterocycles. The molecule has 0 fully saturated rings. The van der Waals surface area contributed by atoms with E-state index in [0.717, 1.165) is 16.9 Å². The van der Waals surface area contributed by atoms with Crippen LogP contribution in [-0.4, -0.2) is 25.5 Å². The maximum atomic E-state index is 13.2. The van der Waals surface area contributed by atoms with Crippen LogP contribution in [0.15, 0.2) is 84.6 Å². The number of rotatable bonds is 6. The topological polar surface area (TPSA) is 67.9 Å². The van der Waals surface area contributed by atoms with Gasteiger partial charge in [0.1, 0.15) is 12.3 Å². The molecule has 1 aliphatic rings. The Morgan fingerprint density at radius 3 is 2.45 bits per heavy atom. The number of amides is 2.